The summed E-state index contributed by atoms with van der Waals surface area (Å²) in [6.45, 7) is 1.30. The van der Waals surface area contributed by atoms with Gasteiger partial charge in [0.1, 0.15) is 5.75 Å². The fourth-order valence-electron chi connectivity index (χ4n) is 4.14. The SMILES string of the molecule is COc1cccc(N2CC(C(=O)NCC#Cc3ccc(N4CCCCC4=O)cc3)CC2=O)c1. The molecule has 0 bridgehead atoms. The summed E-state index contributed by atoms with van der Waals surface area (Å²) in [6, 6.07) is 14.8. The van der Waals surface area contributed by atoms with Gasteiger partial charge in [0.2, 0.25) is 17.7 Å². The standard InChI is InChI=1S/C26H27N3O4/c1-33-23-8-4-7-22(17-23)29-18-20(16-25(29)31)26(32)27-14-5-6-19-10-12-21(13-11-19)28-15-3-2-9-24(28)30/h4,7-8,10-13,17,20H,2-3,9,14-16,18H2,1H3,(H,27,32). The van der Waals surface area contributed by atoms with Crippen molar-refractivity contribution in [3.63, 3.8) is 0 Å². The Labute approximate surface area is 193 Å². The summed E-state index contributed by atoms with van der Waals surface area (Å²) in [7, 11) is 1.58. The summed E-state index contributed by atoms with van der Waals surface area (Å²) in [6.07, 6.45) is 2.76. The number of piperidine rings is 1. The number of rotatable bonds is 5. The minimum atomic E-state index is -0.410. The van der Waals surface area contributed by atoms with E-state index < -0.39 is 5.92 Å². The highest BCUT2D eigenvalue weighted by molar-refractivity contribution is 6.00. The van der Waals surface area contributed by atoms with Crippen LogP contribution in [0.5, 0.6) is 5.75 Å². The molecule has 2 heterocycles. The van der Waals surface area contributed by atoms with Gasteiger partial charge in [-0.3, -0.25) is 14.4 Å². The van der Waals surface area contributed by atoms with Crippen molar-refractivity contribution in [3.8, 4) is 17.6 Å². The zero-order valence-electron chi connectivity index (χ0n) is 18.7. The van der Waals surface area contributed by atoms with Gasteiger partial charge in [-0.1, -0.05) is 17.9 Å². The van der Waals surface area contributed by atoms with Crippen molar-refractivity contribution in [1.82, 2.24) is 5.32 Å². The van der Waals surface area contributed by atoms with E-state index in [2.05, 4.69) is 17.2 Å². The van der Waals surface area contributed by atoms with E-state index in [0.29, 0.717) is 18.7 Å². The van der Waals surface area contributed by atoms with E-state index in [0.717, 1.165) is 36.3 Å². The molecule has 1 atom stereocenters. The fraction of sp³-hybridized carbons (Fsp3) is 0.346. The molecule has 2 fully saturated rings. The Bertz CT molecular complexity index is 1100. The van der Waals surface area contributed by atoms with Crippen LogP contribution in [0.4, 0.5) is 11.4 Å². The number of ether oxygens (including phenoxy) is 1. The molecule has 0 aromatic heterocycles. The molecule has 2 aromatic carbocycles. The molecule has 1 unspecified atom stereocenters. The number of anilines is 2. The summed E-state index contributed by atoms with van der Waals surface area (Å²) in [5.41, 5.74) is 2.44. The molecule has 3 amide bonds. The Morgan fingerprint density at radius 3 is 2.64 bits per heavy atom. The number of methoxy groups -OCH3 is 1. The molecule has 0 spiro atoms. The zero-order valence-corrected chi connectivity index (χ0v) is 18.7. The fourth-order valence-corrected chi connectivity index (χ4v) is 4.14. The Morgan fingerprint density at radius 1 is 1.06 bits per heavy atom. The Balaban J connectivity index is 1.28. The van der Waals surface area contributed by atoms with E-state index in [4.69, 9.17) is 4.74 Å². The average Bonchev–Trinajstić information content (AvgIpc) is 3.24. The smallest absolute Gasteiger partial charge is 0.227 e. The Morgan fingerprint density at radius 2 is 1.88 bits per heavy atom. The lowest BCUT2D eigenvalue weighted by Crippen LogP contribution is -2.35. The van der Waals surface area contributed by atoms with E-state index in [9.17, 15) is 14.4 Å². The van der Waals surface area contributed by atoms with Crippen LogP contribution in [-0.4, -0.2) is 44.5 Å². The van der Waals surface area contributed by atoms with Gasteiger partial charge in [0.15, 0.2) is 0 Å². The van der Waals surface area contributed by atoms with Crippen molar-refractivity contribution in [1.29, 1.82) is 0 Å². The summed E-state index contributed by atoms with van der Waals surface area (Å²) in [5.74, 6) is 6.14. The minimum Gasteiger partial charge on any atom is -0.497 e. The molecule has 2 aliphatic rings. The highest BCUT2D eigenvalue weighted by Crippen LogP contribution is 2.28. The lowest BCUT2D eigenvalue weighted by molar-refractivity contribution is -0.126. The molecule has 0 aliphatic carbocycles. The topological polar surface area (TPSA) is 79.0 Å². The van der Waals surface area contributed by atoms with E-state index in [1.165, 1.54) is 0 Å². The lowest BCUT2D eigenvalue weighted by atomic mass is 10.1. The second-order valence-electron chi connectivity index (χ2n) is 8.18. The van der Waals surface area contributed by atoms with Crippen LogP contribution in [0.3, 0.4) is 0 Å². The summed E-state index contributed by atoms with van der Waals surface area (Å²) in [5, 5.41) is 2.81. The number of nitrogens with zero attached hydrogens (tertiary/aromatic N) is 2. The number of amides is 3. The Hall–Kier alpha value is -3.79. The maximum absolute atomic E-state index is 12.5. The highest BCUT2D eigenvalue weighted by Gasteiger charge is 2.35. The van der Waals surface area contributed by atoms with Gasteiger partial charge in [0.05, 0.1) is 19.6 Å². The molecule has 2 aliphatic heterocycles. The number of hydrogen-bond acceptors (Lipinski definition) is 4. The molecule has 2 saturated heterocycles. The van der Waals surface area contributed by atoms with E-state index >= 15 is 0 Å². The Kier molecular flexibility index (Phi) is 6.94. The second-order valence-corrected chi connectivity index (χ2v) is 8.18. The average molecular weight is 446 g/mol. The van der Waals surface area contributed by atoms with Crippen molar-refractivity contribution >= 4 is 29.1 Å². The number of nitrogens with one attached hydrogen (secondary N) is 1. The van der Waals surface area contributed by atoms with Gasteiger partial charge in [0.25, 0.3) is 0 Å². The lowest BCUT2D eigenvalue weighted by Gasteiger charge is -2.26. The number of benzene rings is 2. The maximum Gasteiger partial charge on any atom is 0.227 e. The number of carbonyl (C=O) groups is 3. The molecular weight excluding hydrogens is 418 g/mol. The van der Waals surface area contributed by atoms with Crippen molar-refractivity contribution in [2.24, 2.45) is 5.92 Å². The van der Waals surface area contributed by atoms with Crippen molar-refractivity contribution in [2.75, 3.05) is 36.5 Å². The van der Waals surface area contributed by atoms with Gasteiger partial charge < -0.3 is 19.9 Å². The van der Waals surface area contributed by atoms with Crippen LogP contribution in [0.25, 0.3) is 0 Å². The van der Waals surface area contributed by atoms with Crippen LogP contribution in [-0.2, 0) is 14.4 Å². The monoisotopic (exact) mass is 445 g/mol. The van der Waals surface area contributed by atoms with Crippen LogP contribution < -0.4 is 19.9 Å². The predicted octanol–water partition coefficient (Wildman–Crippen LogP) is 2.73. The number of carbonyl (C=O) groups excluding carboxylic acids is 3. The largest absolute Gasteiger partial charge is 0.497 e. The van der Waals surface area contributed by atoms with Crippen molar-refractivity contribution in [3.05, 3.63) is 54.1 Å². The van der Waals surface area contributed by atoms with Crippen LogP contribution in [0.2, 0.25) is 0 Å². The van der Waals surface area contributed by atoms with Crippen molar-refractivity contribution < 1.29 is 19.1 Å². The van der Waals surface area contributed by atoms with Gasteiger partial charge in [0, 0.05) is 48.9 Å². The normalized spacial score (nSPS) is 18.0. The first kappa shape index (κ1) is 22.4. The molecular formula is C26H27N3O4. The molecule has 0 saturated carbocycles. The predicted molar refractivity (Wildman–Crippen MR) is 126 cm³/mol. The summed E-state index contributed by atoms with van der Waals surface area (Å²) < 4.78 is 5.22. The van der Waals surface area contributed by atoms with E-state index in [-0.39, 0.29) is 30.7 Å². The highest BCUT2D eigenvalue weighted by atomic mass is 16.5. The van der Waals surface area contributed by atoms with Crippen LogP contribution >= 0.6 is 0 Å². The van der Waals surface area contributed by atoms with Crippen molar-refractivity contribution in [2.45, 2.75) is 25.7 Å². The molecule has 33 heavy (non-hydrogen) atoms. The zero-order chi connectivity index (χ0) is 23.2. The molecule has 0 radical (unpaired) electrons. The first-order valence-electron chi connectivity index (χ1n) is 11.2. The van der Waals surface area contributed by atoms with Gasteiger partial charge in [-0.15, -0.1) is 0 Å². The van der Waals surface area contributed by atoms with Gasteiger partial charge in [-0.05, 0) is 49.2 Å². The van der Waals surface area contributed by atoms with Crippen LogP contribution in [0.15, 0.2) is 48.5 Å². The molecule has 4 rings (SSSR count). The van der Waals surface area contributed by atoms with E-state index in [1.54, 1.807) is 18.1 Å². The molecule has 7 nitrogen and oxygen atoms in total. The molecule has 1 N–H and O–H groups in total. The molecule has 170 valence electrons. The van der Waals surface area contributed by atoms with Gasteiger partial charge in [-0.25, -0.2) is 0 Å². The van der Waals surface area contributed by atoms with Crippen LogP contribution in [0.1, 0.15) is 31.2 Å². The third-order valence-electron chi connectivity index (χ3n) is 5.95. The minimum absolute atomic E-state index is 0.0817. The quantitative estimate of drug-likeness (QED) is 0.718. The summed E-state index contributed by atoms with van der Waals surface area (Å²) in [4.78, 5) is 40.4. The van der Waals surface area contributed by atoms with Gasteiger partial charge >= 0.3 is 0 Å². The summed E-state index contributed by atoms with van der Waals surface area (Å²) >= 11 is 0. The van der Waals surface area contributed by atoms with Crippen LogP contribution in [0, 0.1) is 17.8 Å². The first-order valence-corrected chi connectivity index (χ1v) is 11.2. The molecule has 2 aromatic rings. The molecule has 7 heteroatoms. The maximum atomic E-state index is 12.5. The number of hydrogen-bond donors (Lipinski definition) is 1. The van der Waals surface area contributed by atoms with E-state index in [1.807, 2.05) is 47.4 Å². The third-order valence-corrected chi connectivity index (χ3v) is 5.95. The first-order chi connectivity index (χ1) is 16.0. The second kappa shape index (κ2) is 10.2. The van der Waals surface area contributed by atoms with Gasteiger partial charge in [-0.2, -0.15) is 0 Å². The third kappa shape index (κ3) is 5.35.